The number of benzene rings is 3. The molecule has 8 heteroatoms. The summed E-state index contributed by atoms with van der Waals surface area (Å²) in [4.78, 5) is 28.8. The number of ketones is 1. The van der Waals surface area contributed by atoms with Crippen molar-refractivity contribution >= 4 is 46.3 Å². The highest BCUT2D eigenvalue weighted by atomic mass is 35.5. The van der Waals surface area contributed by atoms with Crippen molar-refractivity contribution in [1.82, 2.24) is 0 Å². The number of nitrogens with zero attached hydrogens (tertiary/aromatic N) is 1. The maximum atomic E-state index is 13.7. The summed E-state index contributed by atoms with van der Waals surface area (Å²) in [6.07, 6.45) is 0. The standard InChI is InChI=1S/C33H35Cl2NO5/c1-32(2,3)19-11-9-18(10-12-19)26-24(27(37)22-17-23(34)30(41-8)25(35)29(22)40-7)28(38)31(39)36(26)21-15-13-20(14-16-21)33(4,5)6/h9-17,26,37H,1-8H3/b27-24+. The van der Waals surface area contributed by atoms with Crippen molar-refractivity contribution in [3.8, 4) is 11.5 Å². The Balaban J connectivity index is 1.99. The minimum atomic E-state index is -0.922. The van der Waals surface area contributed by atoms with E-state index in [0.717, 1.165) is 11.1 Å². The normalized spacial score (nSPS) is 17.2. The van der Waals surface area contributed by atoms with Gasteiger partial charge in [-0.25, -0.2) is 0 Å². The zero-order valence-electron chi connectivity index (χ0n) is 24.6. The number of hydrogen-bond donors (Lipinski definition) is 1. The number of rotatable bonds is 5. The quantitative estimate of drug-likeness (QED) is 0.182. The van der Waals surface area contributed by atoms with Crippen LogP contribution in [0.1, 0.15) is 69.8 Å². The van der Waals surface area contributed by atoms with Gasteiger partial charge in [-0.2, -0.15) is 0 Å². The molecule has 1 unspecified atom stereocenters. The molecule has 3 aromatic rings. The van der Waals surface area contributed by atoms with Gasteiger partial charge in [0.25, 0.3) is 11.7 Å². The molecule has 0 aromatic heterocycles. The molecular weight excluding hydrogens is 561 g/mol. The predicted molar refractivity (Wildman–Crippen MR) is 165 cm³/mol. The van der Waals surface area contributed by atoms with Gasteiger partial charge in [-0.05, 0) is 45.7 Å². The molecule has 41 heavy (non-hydrogen) atoms. The Morgan fingerprint density at radius 1 is 0.805 bits per heavy atom. The molecule has 1 N–H and O–H groups in total. The van der Waals surface area contributed by atoms with Crippen molar-refractivity contribution in [2.45, 2.75) is 58.4 Å². The third-order valence-corrected chi connectivity index (χ3v) is 7.97. The van der Waals surface area contributed by atoms with Crippen LogP contribution in [0.2, 0.25) is 10.0 Å². The number of Topliss-reactive ketones (excluding diaryl/α,β-unsaturated/α-hetero) is 1. The number of aliphatic hydroxyl groups excluding tert-OH is 1. The zero-order valence-corrected chi connectivity index (χ0v) is 26.1. The second kappa shape index (κ2) is 11.1. The highest BCUT2D eigenvalue weighted by Gasteiger charge is 2.47. The van der Waals surface area contributed by atoms with Crippen molar-refractivity contribution in [2.75, 3.05) is 19.1 Å². The fourth-order valence-corrected chi connectivity index (χ4v) is 5.68. The number of amides is 1. The van der Waals surface area contributed by atoms with E-state index in [4.69, 9.17) is 32.7 Å². The number of ether oxygens (including phenoxy) is 2. The average Bonchev–Trinajstić information content (AvgIpc) is 3.17. The van der Waals surface area contributed by atoms with E-state index in [1.807, 2.05) is 48.5 Å². The molecule has 1 heterocycles. The maximum absolute atomic E-state index is 13.7. The van der Waals surface area contributed by atoms with E-state index in [1.165, 1.54) is 25.2 Å². The smallest absolute Gasteiger partial charge is 0.300 e. The van der Waals surface area contributed by atoms with Crippen molar-refractivity contribution < 1.29 is 24.2 Å². The Hall–Kier alpha value is -3.48. The van der Waals surface area contributed by atoms with Crippen LogP contribution in [0.3, 0.4) is 0 Å². The Kier molecular flexibility index (Phi) is 8.23. The molecular formula is C33H35Cl2NO5. The van der Waals surface area contributed by atoms with Crippen LogP contribution in [-0.2, 0) is 20.4 Å². The van der Waals surface area contributed by atoms with Crippen LogP contribution in [-0.4, -0.2) is 31.0 Å². The Bertz CT molecular complexity index is 1530. The van der Waals surface area contributed by atoms with E-state index in [-0.39, 0.29) is 43.5 Å². The van der Waals surface area contributed by atoms with Gasteiger partial charge in [0.2, 0.25) is 0 Å². The summed E-state index contributed by atoms with van der Waals surface area (Å²) in [5.74, 6) is -1.82. The molecule has 3 aromatic carbocycles. The monoisotopic (exact) mass is 595 g/mol. The molecule has 1 atom stereocenters. The molecule has 6 nitrogen and oxygen atoms in total. The Morgan fingerprint density at radius 2 is 1.29 bits per heavy atom. The van der Waals surface area contributed by atoms with Gasteiger partial charge in [-0.15, -0.1) is 0 Å². The second-order valence-electron chi connectivity index (χ2n) is 12.1. The van der Waals surface area contributed by atoms with Crippen LogP contribution in [0.5, 0.6) is 11.5 Å². The van der Waals surface area contributed by atoms with Crippen molar-refractivity contribution in [2.24, 2.45) is 0 Å². The number of halogens is 2. The lowest BCUT2D eigenvalue weighted by atomic mass is 9.85. The summed E-state index contributed by atoms with van der Waals surface area (Å²) in [6, 6.07) is 15.7. The van der Waals surface area contributed by atoms with E-state index in [1.54, 1.807) is 0 Å². The molecule has 1 fully saturated rings. The third-order valence-electron chi connectivity index (χ3n) is 7.34. The van der Waals surface area contributed by atoms with Crippen molar-refractivity contribution in [3.05, 3.63) is 92.5 Å². The first-order chi connectivity index (χ1) is 19.1. The van der Waals surface area contributed by atoms with Gasteiger partial charge in [0, 0.05) is 5.69 Å². The van der Waals surface area contributed by atoms with Crippen LogP contribution in [0.15, 0.2) is 60.2 Å². The van der Waals surface area contributed by atoms with Gasteiger partial charge >= 0.3 is 0 Å². The van der Waals surface area contributed by atoms with Gasteiger partial charge in [0.05, 0.1) is 36.4 Å². The third kappa shape index (κ3) is 5.55. The molecule has 1 aliphatic rings. The maximum Gasteiger partial charge on any atom is 0.300 e. The van der Waals surface area contributed by atoms with Crippen LogP contribution in [0.4, 0.5) is 5.69 Å². The first-order valence-electron chi connectivity index (χ1n) is 13.2. The number of carbonyl (C=O) groups excluding carboxylic acids is 2. The number of methoxy groups -OCH3 is 2. The van der Waals surface area contributed by atoms with E-state index in [0.29, 0.717) is 11.3 Å². The summed E-state index contributed by atoms with van der Waals surface area (Å²) in [5, 5.41) is 11.8. The molecule has 0 aliphatic carbocycles. The van der Waals surface area contributed by atoms with Gasteiger partial charge in [-0.3, -0.25) is 14.5 Å². The summed E-state index contributed by atoms with van der Waals surface area (Å²) >= 11 is 12.9. The topological polar surface area (TPSA) is 76.1 Å². The summed E-state index contributed by atoms with van der Waals surface area (Å²) < 4.78 is 10.8. The largest absolute Gasteiger partial charge is 0.507 e. The highest BCUT2D eigenvalue weighted by Crippen LogP contribution is 2.48. The molecule has 0 bridgehead atoms. The second-order valence-corrected chi connectivity index (χ2v) is 12.9. The molecule has 0 spiro atoms. The van der Waals surface area contributed by atoms with Crippen molar-refractivity contribution in [3.63, 3.8) is 0 Å². The fourth-order valence-electron chi connectivity index (χ4n) is 4.99. The highest BCUT2D eigenvalue weighted by molar-refractivity contribution is 6.52. The Morgan fingerprint density at radius 3 is 1.76 bits per heavy atom. The molecule has 0 saturated carbocycles. The summed E-state index contributed by atoms with van der Waals surface area (Å²) in [7, 11) is 2.78. The van der Waals surface area contributed by atoms with E-state index in [9.17, 15) is 14.7 Å². The minimum absolute atomic E-state index is 0.0297. The molecule has 1 amide bonds. The summed E-state index contributed by atoms with van der Waals surface area (Å²) in [5.41, 5.74) is 3.12. The van der Waals surface area contributed by atoms with Crippen molar-refractivity contribution in [1.29, 1.82) is 0 Å². The SMILES string of the molecule is COc1c(Cl)cc(/C(O)=C2\C(=O)C(=O)N(c3ccc(C(C)(C)C)cc3)C2c2ccc(C(C)(C)C)cc2)c(OC)c1Cl. The first-order valence-corrected chi connectivity index (χ1v) is 14.0. The van der Waals surface area contributed by atoms with Crippen LogP contribution in [0.25, 0.3) is 5.76 Å². The predicted octanol–water partition coefficient (Wildman–Crippen LogP) is 8.23. The lowest BCUT2D eigenvalue weighted by molar-refractivity contribution is -0.132. The molecule has 0 radical (unpaired) electrons. The van der Waals surface area contributed by atoms with Gasteiger partial charge in [-0.1, -0.05) is 101 Å². The molecule has 4 rings (SSSR count). The molecule has 216 valence electrons. The van der Waals surface area contributed by atoms with E-state index < -0.39 is 23.5 Å². The van der Waals surface area contributed by atoms with Gasteiger partial charge in [0.15, 0.2) is 11.5 Å². The van der Waals surface area contributed by atoms with Crippen LogP contribution < -0.4 is 14.4 Å². The molecule has 1 saturated heterocycles. The van der Waals surface area contributed by atoms with Gasteiger partial charge in [0.1, 0.15) is 10.8 Å². The van der Waals surface area contributed by atoms with Crippen LogP contribution >= 0.6 is 23.2 Å². The number of carbonyl (C=O) groups is 2. The molecule has 1 aliphatic heterocycles. The number of aliphatic hydroxyl groups is 1. The van der Waals surface area contributed by atoms with Gasteiger partial charge < -0.3 is 14.6 Å². The minimum Gasteiger partial charge on any atom is -0.507 e. The Labute approximate surface area is 251 Å². The van der Waals surface area contributed by atoms with E-state index in [2.05, 4.69) is 41.5 Å². The first kappa shape index (κ1) is 30.5. The number of hydrogen-bond acceptors (Lipinski definition) is 5. The summed E-state index contributed by atoms with van der Waals surface area (Å²) in [6.45, 7) is 12.6. The van der Waals surface area contributed by atoms with Crippen LogP contribution in [0, 0.1) is 0 Å². The fraction of sp³-hybridized carbons (Fsp3) is 0.333. The lowest BCUT2D eigenvalue weighted by Crippen LogP contribution is -2.29. The zero-order chi connectivity index (χ0) is 30.4. The number of anilines is 1. The average molecular weight is 597 g/mol. The van der Waals surface area contributed by atoms with E-state index >= 15 is 0 Å². The lowest BCUT2D eigenvalue weighted by Gasteiger charge is -2.27.